The highest BCUT2D eigenvalue weighted by atomic mass is 79.9. The summed E-state index contributed by atoms with van der Waals surface area (Å²) < 4.78 is 13.7. The van der Waals surface area contributed by atoms with Crippen molar-refractivity contribution in [2.24, 2.45) is 0 Å². The van der Waals surface area contributed by atoms with Crippen LogP contribution in [0.1, 0.15) is 12.1 Å². The van der Waals surface area contributed by atoms with Crippen LogP contribution in [0.25, 0.3) is 0 Å². The Hall–Kier alpha value is -1.50. The molecule has 0 unspecified atom stereocenters. The Kier molecular flexibility index (Phi) is 3.37. The molecule has 0 aliphatic carbocycles. The molecular weight excluding hydrogens is 293 g/mol. The molecule has 0 spiro atoms. The van der Waals surface area contributed by atoms with Crippen LogP contribution in [0.15, 0.2) is 12.3 Å². The van der Waals surface area contributed by atoms with Crippen LogP contribution in [-0.2, 0) is 10.1 Å². The summed E-state index contributed by atoms with van der Waals surface area (Å²) in [6.45, 7) is 0.164. The zero-order valence-corrected chi connectivity index (χ0v) is 10.3. The Balaban J connectivity index is 2.28. The highest BCUT2D eigenvalue weighted by Crippen LogP contribution is 2.21. The van der Waals surface area contributed by atoms with Gasteiger partial charge in [-0.2, -0.15) is 0 Å². The minimum atomic E-state index is -0.617. The highest BCUT2D eigenvalue weighted by molar-refractivity contribution is 9.08. The van der Waals surface area contributed by atoms with Crippen LogP contribution in [0.3, 0.4) is 0 Å². The van der Waals surface area contributed by atoms with Crippen molar-refractivity contribution in [3.05, 3.63) is 23.8 Å². The van der Waals surface area contributed by atoms with Gasteiger partial charge >= 0.3 is 6.03 Å². The molecule has 3 amide bonds. The Bertz CT molecular complexity index is 481. The van der Waals surface area contributed by atoms with Crippen LogP contribution < -0.4 is 10.2 Å². The SMILES string of the molecule is O=C1CCN(c2cnc(CBr)cc2F)C(=O)N1. The van der Waals surface area contributed by atoms with Crippen molar-refractivity contribution in [3.8, 4) is 0 Å². The lowest BCUT2D eigenvalue weighted by molar-refractivity contribution is -0.120. The minimum absolute atomic E-state index is 0.0831. The molecule has 0 radical (unpaired) electrons. The summed E-state index contributed by atoms with van der Waals surface area (Å²) in [6, 6.07) is 0.641. The number of carbonyl (C=O) groups excluding carboxylic acids is 2. The zero-order chi connectivity index (χ0) is 12.4. The van der Waals surface area contributed by atoms with E-state index < -0.39 is 11.8 Å². The van der Waals surface area contributed by atoms with Crippen molar-refractivity contribution in [3.63, 3.8) is 0 Å². The van der Waals surface area contributed by atoms with E-state index in [0.29, 0.717) is 11.0 Å². The van der Waals surface area contributed by atoms with Crippen molar-refractivity contribution in [1.82, 2.24) is 10.3 Å². The van der Waals surface area contributed by atoms with Gasteiger partial charge in [-0.3, -0.25) is 20.0 Å². The number of hydrogen-bond donors (Lipinski definition) is 1. The number of amides is 3. The van der Waals surface area contributed by atoms with Gasteiger partial charge in [0.1, 0.15) is 5.82 Å². The molecule has 2 rings (SSSR count). The first kappa shape index (κ1) is 12.0. The maximum atomic E-state index is 13.7. The Morgan fingerprint density at radius 3 is 2.88 bits per heavy atom. The number of pyridine rings is 1. The fraction of sp³-hybridized carbons (Fsp3) is 0.300. The average Bonchev–Trinajstić information content (AvgIpc) is 2.30. The quantitative estimate of drug-likeness (QED) is 0.843. The second-order valence-corrected chi connectivity index (χ2v) is 4.08. The number of alkyl halides is 1. The lowest BCUT2D eigenvalue weighted by Crippen LogP contribution is -2.49. The van der Waals surface area contributed by atoms with Gasteiger partial charge in [0, 0.05) is 18.3 Å². The number of aromatic nitrogens is 1. The normalized spacial score (nSPS) is 16.0. The van der Waals surface area contributed by atoms with Gasteiger partial charge < -0.3 is 0 Å². The number of imide groups is 1. The number of anilines is 1. The molecule has 0 aromatic carbocycles. The molecule has 1 N–H and O–H groups in total. The summed E-state index contributed by atoms with van der Waals surface area (Å²) in [7, 11) is 0. The van der Waals surface area contributed by atoms with E-state index in [-0.39, 0.29) is 24.6 Å². The first-order valence-corrected chi connectivity index (χ1v) is 6.05. The van der Waals surface area contributed by atoms with Crippen LogP contribution in [0.2, 0.25) is 0 Å². The molecule has 7 heteroatoms. The lowest BCUT2D eigenvalue weighted by atomic mass is 10.2. The number of urea groups is 1. The van der Waals surface area contributed by atoms with Crippen LogP contribution in [0, 0.1) is 5.82 Å². The molecule has 0 bridgehead atoms. The summed E-state index contributed by atoms with van der Waals surface area (Å²) in [5.74, 6) is -0.879. The van der Waals surface area contributed by atoms with E-state index in [1.165, 1.54) is 17.2 Å². The first-order chi connectivity index (χ1) is 8.11. The number of carbonyl (C=O) groups is 2. The Labute approximate surface area is 105 Å². The zero-order valence-electron chi connectivity index (χ0n) is 8.74. The molecule has 2 heterocycles. The third-order valence-electron chi connectivity index (χ3n) is 2.37. The lowest BCUT2D eigenvalue weighted by Gasteiger charge is -2.26. The predicted octanol–water partition coefficient (Wildman–Crippen LogP) is 1.56. The van der Waals surface area contributed by atoms with E-state index in [1.807, 2.05) is 0 Å². The molecule has 0 saturated carbocycles. The van der Waals surface area contributed by atoms with Gasteiger partial charge in [0.2, 0.25) is 5.91 Å². The standard InChI is InChI=1S/C10H9BrFN3O2/c11-4-6-3-7(12)8(5-13-6)15-2-1-9(16)14-10(15)17/h3,5H,1-2,4H2,(H,14,16,17). The van der Waals surface area contributed by atoms with E-state index in [2.05, 4.69) is 26.2 Å². The molecule has 1 fully saturated rings. The third kappa shape index (κ3) is 2.44. The number of nitrogens with one attached hydrogen (secondary N) is 1. The summed E-state index contributed by atoms with van der Waals surface area (Å²) in [5, 5.41) is 2.57. The third-order valence-corrected chi connectivity index (χ3v) is 2.95. The maximum Gasteiger partial charge on any atom is 0.328 e. The van der Waals surface area contributed by atoms with Crippen LogP contribution in [0.4, 0.5) is 14.9 Å². The second kappa shape index (κ2) is 4.79. The number of rotatable bonds is 2. The van der Waals surface area contributed by atoms with Crippen molar-refractivity contribution in [2.75, 3.05) is 11.4 Å². The number of nitrogens with zero attached hydrogens (tertiary/aromatic N) is 2. The average molecular weight is 302 g/mol. The van der Waals surface area contributed by atoms with E-state index in [4.69, 9.17) is 0 Å². The Morgan fingerprint density at radius 2 is 2.29 bits per heavy atom. The van der Waals surface area contributed by atoms with Crippen molar-refractivity contribution in [2.45, 2.75) is 11.8 Å². The summed E-state index contributed by atoms with van der Waals surface area (Å²) in [5.41, 5.74) is 0.624. The minimum Gasteiger partial charge on any atom is -0.289 e. The molecular formula is C10H9BrFN3O2. The van der Waals surface area contributed by atoms with Crippen LogP contribution >= 0.6 is 15.9 Å². The summed E-state index contributed by atoms with van der Waals surface area (Å²) in [4.78, 5) is 27.6. The summed E-state index contributed by atoms with van der Waals surface area (Å²) in [6.07, 6.45) is 1.45. The van der Waals surface area contributed by atoms with E-state index in [1.54, 1.807) is 0 Å². The van der Waals surface area contributed by atoms with Gasteiger partial charge in [-0.1, -0.05) is 15.9 Å². The molecule has 1 aromatic rings. The second-order valence-electron chi connectivity index (χ2n) is 3.52. The van der Waals surface area contributed by atoms with Crippen LogP contribution in [-0.4, -0.2) is 23.5 Å². The molecule has 90 valence electrons. The van der Waals surface area contributed by atoms with E-state index >= 15 is 0 Å². The van der Waals surface area contributed by atoms with Gasteiger partial charge in [0.05, 0.1) is 17.6 Å². The van der Waals surface area contributed by atoms with Crippen LogP contribution in [0.5, 0.6) is 0 Å². The number of halogens is 2. The highest BCUT2D eigenvalue weighted by Gasteiger charge is 2.26. The Morgan fingerprint density at radius 1 is 1.53 bits per heavy atom. The van der Waals surface area contributed by atoms with Crippen molar-refractivity contribution < 1.29 is 14.0 Å². The molecule has 1 aromatic heterocycles. The van der Waals surface area contributed by atoms with Gasteiger partial charge in [-0.05, 0) is 6.07 Å². The molecule has 1 aliphatic heterocycles. The fourth-order valence-corrected chi connectivity index (χ4v) is 1.84. The first-order valence-electron chi connectivity index (χ1n) is 4.93. The monoisotopic (exact) mass is 301 g/mol. The molecule has 17 heavy (non-hydrogen) atoms. The predicted molar refractivity (Wildman–Crippen MR) is 62.3 cm³/mol. The topological polar surface area (TPSA) is 62.3 Å². The van der Waals surface area contributed by atoms with Crippen molar-refractivity contribution >= 4 is 33.6 Å². The number of hydrogen-bond acceptors (Lipinski definition) is 3. The van der Waals surface area contributed by atoms with Crippen molar-refractivity contribution in [1.29, 1.82) is 0 Å². The molecule has 0 atom stereocenters. The van der Waals surface area contributed by atoms with E-state index in [9.17, 15) is 14.0 Å². The fourth-order valence-electron chi connectivity index (χ4n) is 1.53. The molecule has 1 aliphatic rings. The van der Waals surface area contributed by atoms with Gasteiger partial charge in [0.25, 0.3) is 0 Å². The summed E-state index contributed by atoms with van der Waals surface area (Å²) >= 11 is 3.17. The van der Waals surface area contributed by atoms with E-state index in [0.717, 1.165) is 0 Å². The van der Waals surface area contributed by atoms with Gasteiger partial charge in [-0.25, -0.2) is 9.18 Å². The van der Waals surface area contributed by atoms with Gasteiger partial charge in [-0.15, -0.1) is 0 Å². The molecule has 5 nitrogen and oxygen atoms in total. The molecule has 1 saturated heterocycles. The van der Waals surface area contributed by atoms with Gasteiger partial charge in [0.15, 0.2) is 0 Å². The largest absolute Gasteiger partial charge is 0.328 e. The smallest absolute Gasteiger partial charge is 0.289 e. The maximum absolute atomic E-state index is 13.7.